The van der Waals surface area contributed by atoms with Gasteiger partial charge in [0.05, 0.1) is 6.67 Å². The smallest absolute Gasteiger partial charge is 0.0912 e. The van der Waals surface area contributed by atoms with Gasteiger partial charge in [-0.2, -0.15) is 0 Å². The molecule has 0 aliphatic carbocycles. The van der Waals surface area contributed by atoms with E-state index in [1.165, 1.54) is 5.56 Å². The van der Waals surface area contributed by atoms with Crippen LogP contribution in [0.25, 0.3) is 0 Å². The Hall–Kier alpha value is -0.410. The molecule has 1 heterocycles. The molecule has 62 valence electrons. The van der Waals surface area contributed by atoms with E-state index in [4.69, 9.17) is 5.73 Å². The van der Waals surface area contributed by atoms with Gasteiger partial charge in [-0.3, -0.25) is 4.39 Å². The highest BCUT2D eigenvalue weighted by atomic mass is 32.1. The van der Waals surface area contributed by atoms with E-state index in [1.54, 1.807) is 11.3 Å². The van der Waals surface area contributed by atoms with Crippen molar-refractivity contribution in [3.8, 4) is 0 Å². The minimum Gasteiger partial charge on any atom is -0.323 e. The van der Waals surface area contributed by atoms with Crippen molar-refractivity contribution in [2.75, 3.05) is 6.67 Å². The second-order valence-electron chi connectivity index (χ2n) is 2.55. The van der Waals surface area contributed by atoms with E-state index >= 15 is 0 Å². The lowest BCUT2D eigenvalue weighted by Crippen LogP contribution is -2.10. The Morgan fingerprint density at radius 1 is 1.73 bits per heavy atom. The number of rotatable bonds is 3. The quantitative estimate of drug-likeness (QED) is 0.746. The molecule has 0 fully saturated rings. The fraction of sp³-hybridized carbons (Fsp3) is 0.500. The van der Waals surface area contributed by atoms with Crippen LogP contribution in [0.1, 0.15) is 22.9 Å². The van der Waals surface area contributed by atoms with Crippen molar-refractivity contribution in [1.82, 2.24) is 0 Å². The number of halogens is 1. The van der Waals surface area contributed by atoms with Crippen molar-refractivity contribution in [3.05, 3.63) is 21.9 Å². The Kier molecular flexibility index (Phi) is 3.02. The zero-order valence-electron chi connectivity index (χ0n) is 6.51. The summed E-state index contributed by atoms with van der Waals surface area (Å²) in [5.41, 5.74) is 6.90. The summed E-state index contributed by atoms with van der Waals surface area (Å²) < 4.78 is 11.9. The van der Waals surface area contributed by atoms with Crippen molar-refractivity contribution in [2.45, 2.75) is 19.4 Å². The maximum atomic E-state index is 11.9. The first-order valence-corrected chi connectivity index (χ1v) is 4.49. The van der Waals surface area contributed by atoms with Crippen molar-refractivity contribution < 1.29 is 4.39 Å². The fourth-order valence-corrected chi connectivity index (χ4v) is 1.98. The Balaban J connectivity index is 2.67. The third-order valence-corrected chi connectivity index (χ3v) is 2.81. The molecule has 0 saturated heterocycles. The summed E-state index contributed by atoms with van der Waals surface area (Å²) in [4.78, 5) is 1.11. The van der Waals surface area contributed by atoms with E-state index in [9.17, 15) is 4.39 Å². The monoisotopic (exact) mass is 173 g/mol. The van der Waals surface area contributed by atoms with Gasteiger partial charge < -0.3 is 5.73 Å². The van der Waals surface area contributed by atoms with Crippen molar-refractivity contribution >= 4 is 11.3 Å². The Morgan fingerprint density at radius 2 is 2.45 bits per heavy atom. The Bertz CT molecular complexity index is 222. The minimum atomic E-state index is -0.335. The van der Waals surface area contributed by atoms with Crippen LogP contribution in [0.4, 0.5) is 4.39 Å². The topological polar surface area (TPSA) is 26.0 Å². The zero-order chi connectivity index (χ0) is 8.27. The molecule has 0 aromatic carbocycles. The normalized spacial score (nSPS) is 13.4. The highest BCUT2D eigenvalue weighted by molar-refractivity contribution is 7.10. The molecular formula is C8H12FNS. The predicted molar refractivity (Wildman–Crippen MR) is 46.6 cm³/mol. The van der Waals surface area contributed by atoms with E-state index in [0.717, 1.165) is 4.88 Å². The van der Waals surface area contributed by atoms with Gasteiger partial charge in [0.15, 0.2) is 0 Å². The van der Waals surface area contributed by atoms with Gasteiger partial charge in [-0.25, -0.2) is 0 Å². The molecule has 0 radical (unpaired) electrons. The summed E-state index contributed by atoms with van der Waals surface area (Å²) in [7, 11) is 0. The summed E-state index contributed by atoms with van der Waals surface area (Å²) in [6.45, 7) is 1.67. The van der Waals surface area contributed by atoms with E-state index in [1.807, 2.05) is 18.4 Å². The zero-order valence-corrected chi connectivity index (χ0v) is 7.33. The molecule has 0 bridgehead atoms. The number of alkyl halides is 1. The molecule has 0 aliphatic heterocycles. The molecule has 0 amide bonds. The molecule has 1 aromatic heterocycles. The molecule has 1 rings (SSSR count). The average molecular weight is 173 g/mol. The maximum absolute atomic E-state index is 11.9. The first-order valence-electron chi connectivity index (χ1n) is 3.61. The lowest BCUT2D eigenvalue weighted by Gasteiger charge is -2.07. The van der Waals surface area contributed by atoms with Gasteiger partial charge in [-0.1, -0.05) is 0 Å². The van der Waals surface area contributed by atoms with Gasteiger partial charge >= 0.3 is 0 Å². The molecule has 0 spiro atoms. The second-order valence-corrected chi connectivity index (χ2v) is 3.50. The average Bonchev–Trinajstić information content (AvgIpc) is 2.36. The lowest BCUT2D eigenvalue weighted by molar-refractivity contribution is 0.443. The van der Waals surface area contributed by atoms with Crippen LogP contribution in [0.5, 0.6) is 0 Å². The van der Waals surface area contributed by atoms with Gasteiger partial charge in [-0.15, -0.1) is 11.3 Å². The van der Waals surface area contributed by atoms with Crippen molar-refractivity contribution in [2.24, 2.45) is 5.73 Å². The highest BCUT2D eigenvalue weighted by Crippen LogP contribution is 2.23. The van der Waals surface area contributed by atoms with Crippen LogP contribution in [0, 0.1) is 6.92 Å². The summed E-state index contributed by atoms with van der Waals surface area (Å²) in [6, 6.07) is 1.90. The molecule has 0 aliphatic rings. The van der Waals surface area contributed by atoms with Gasteiger partial charge in [0.2, 0.25) is 0 Å². The third kappa shape index (κ3) is 2.01. The molecule has 1 atom stereocenters. The van der Waals surface area contributed by atoms with Crippen LogP contribution >= 0.6 is 11.3 Å². The number of aryl methyl sites for hydroxylation is 1. The Morgan fingerprint density at radius 3 is 2.91 bits per heavy atom. The van der Waals surface area contributed by atoms with Crippen LogP contribution in [-0.2, 0) is 0 Å². The molecule has 0 saturated carbocycles. The van der Waals surface area contributed by atoms with Crippen LogP contribution < -0.4 is 5.73 Å². The van der Waals surface area contributed by atoms with Crippen LogP contribution in [0.3, 0.4) is 0 Å². The summed E-state index contributed by atoms with van der Waals surface area (Å²) >= 11 is 1.61. The second kappa shape index (κ2) is 3.83. The molecule has 1 aromatic rings. The maximum Gasteiger partial charge on any atom is 0.0912 e. The van der Waals surface area contributed by atoms with Crippen LogP contribution in [-0.4, -0.2) is 6.67 Å². The standard InChI is InChI=1S/C8H12FNS/c1-6-3-5-11-8(6)7(10)2-4-9/h3,5,7H,2,4,10H2,1H3/t7-/m1/s1. The molecule has 0 unspecified atom stereocenters. The number of hydrogen-bond donors (Lipinski definition) is 1. The SMILES string of the molecule is Cc1ccsc1[C@H](N)CCF. The third-order valence-electron chi connectivity index (χ3n) is 1.66. The van der Waals surface area contributed by atoms with Crippen molar-refractivity contribution in [3.63, 3.8) is 0 Å². The van der Waals surface area contributed by atoms with E-state index in [0.29, 0.717) is 6.42 Å². The number of thiophene rings is 1. The van der Waals surface area contributed by atoms with Crippen LogP contribution in [0.15, 0.2) is 11.4 Å². The van der Waals surface area contributed by atoms with Gasteiger partial charge in [0.1, 0.15) is 0 Å². The largest absolute Gasteiger partial charge is 0.323 e. The Labute approximate surface area is 70.0 Å². The summed E-state index contributed by atoms with van der Waals surface area (Å²) in [5.74, 6) is 0. The first kappa shape index (κ1) is 8.68. The predicted octanol–water partition coefficient (Wildman–Crippen LogP) is 2.42. The number of hydrogen-bond acceptors (Lipinski definition) is 2. The van der Waals surface area contributed by atoms with Gasteiger partial charge in [0, 0.05) is 10.9 Å². The van der Waals surface area contributed by atoms with E-state index in [-0.39, 0.29) is 12.7 Å². The van der Waals surface area contributed by atoms with Crippen LogP contribution in [0.2, 0.25) is 0 Å². The van der Waals surface area contributed by atoms with Crippen molar-refractivity contribution in [1.29, 1.82) is 0 Å². The molecular weight excluding hydrogens is 161 g/mol. The number of nitrogens with two attached hydrogens (primary N) is 1. The summed E-state index contributed by atoms with van der Waals surface area (Å²) in [6.07, 6.45) is 0.432. The molecule has 1 nitrogen and oxygen atoms in total. The first-order chi connectivity index (χ1) is 5.25. The van der Waals surface area contributed by atoms with Gasteiger partial charge in [0.25, 0.3) is 0 Å². The van der Waals surface area contributed by atoms with Gasteiger partial charge in [-0.05, 0) is 30.4 Å². The highest BCUT2D eigenvalue weighted by Gasteiger charge is 2.08. The minimum absolute atomic E-state index is 0.111. The molecule has 2 N–H and O–H groups in total. The molecule has 3 heteroatoms. The summed E-state index contributed by atoms with van der Waals surface area (Å²) in [5, 5.41) is 1.99. The van der Waals surface area contributed by atoms with E-state index in [2.05, 4.69) is 0 Å². The van der Waals surface area contributed by atoms with E-state index < -0.39 is 0 Å². The lowest BCUT2D eigenvalue weighted by atomic mass is 10.1. The fourth-order valence-electron chi connectivity index (χ4n) is 1.01. The molecule has 11 heavy (non-hydrogen) atoms.